The SMILES string of the molecule is NC(=O)C1CCN(C(=O)C(Cc2ccccc2)NC(=O)c2ccc(Cl)cc2)CC1. The molecule has 1 heterocycles. The molecule has 0 radical (unpaired) electrons. The number of rotatable bonds is 6. The molecule has 1 aliphatic heterocycles. The molecule has 2 aromatic rings. The van der Waals surface area contributed by atoms with Crippen molar-refractivity contribution in [3.05, 3.63) is 70.7 Å². The van der Waals surface area contributed by atoms with Gasteiger partial charge in [0.25, 0.3) is 5.91 Å². The molecule has 0 bridgehead atoms. The average Bonchev–Trinajstić information content (AvgIpc) is 2.74. The summed E-state index contributed by atoms with van der Waals surface area (Å²) in [6.45, 7) is 0.906. The molecule has 0 aromatic heterocycles. The van der Waals surface area contributed by atoms with Gasteiger partial charge in [0.1, 0.15) is 6.04 Å². The van der Waals surface area contributed by atoms with E-state index >= 15 is 0 Å². The minimum atomic E-state index is -0.703. The molecule has 1 unspecified atom stereocenters. The summed E-state index contributed by atoms with van der Waals surface area (Å²) in [5.74, 6) is -1.01. The summed E-state index contributed by atoms with van der Waals surface area (Å²) in [6.07, 6.45) is 1.48. The summed E-state index contributed by atoms with van der Waals surface area (Å²) in [4.78, 5) is 39.0. The highest BCUT2D eigenvalue weighted by atomic mass is 35.5. The summed E-state index contributed by atoms with van der Waals surface area (Å²) in [5.41, 5.74) is 6.77. The third-order valence-electron chi connectivity index (χ3n) is 5.20. The van der Waals surface area contributed by atoms with Gasteiger partial charge < -0.3 is 16.0 Å². The first-order chi connectivity index (χ1) is 13.9. The van der Waals surface area contributed by atoms with Crippen LogP contribution in [-0.4, -0.2) is 41.8 Å². The van der Waals surface area contributed by atoms with Gasteiger partial charge >= 0.3 is 0 Å². The molecule has 3 N–H and O–H groups in total. The fraction of sp³-hybridized carbons (Fsp3) is 0.318. The number of likely N-dealkylation sites (tertiary alicyclic amines) is 1. The molecule has 3 rings (SSSR count). The Balaban J connectivity index is 1.73. The zero-order valence-corrected chi connectivity index (χ0v) is 16.8. The summed E-state index contributed by atoms with van der Waals surface area (Å²) < 4.78 is 0. The van der Waals surface area contributed by atoms with E-state index in [-0.39, 0.29) is 23.6 Å². The predicted octanol–water partition coefficient (Wildman–Crippen LogP) is 2.41. The first kappa shape index (κ1) is 20.9. The standard InChI is InChI=1S/C22H24ClN3O3/c23-18-8-6-17(7-9-18)21(28)25-19(14-15-4-2-1-3-5-15)22(29)26-12-10-16(11-13-26)20(24)27/h1-9,16,19H,10-14H2,(H2,24,27)(H,25,28). The van der Waals surface area contributed by atoms with Crippen molar-refractivity contribution in [3.8, 4) is 0 Å². The van der Waals surface area contributed by atoms with Gasteiger partial charge in [0.2, 0.25) is 11.8 Å². The maximum Gasteiger partial charge on any atom is 0.251 e. The lowest BCUT2D eigenvalue weighted by Crippen LogP contribution is -2.52. The zero-order valence-electron chi connectivity index (χ0n) is 16.0. The van der Waals surface area contributed by atoms with Crippen LogP contribution in [0.2, 0.25) is 5.02 Å². The number of benzene rings is 2. The number of hydrogen-bond acceptors (Lipinski definition) is 3. The first-order valence-electron chi connectivity index (χ1n) is 9.62. The Morgan fingerprint density at radius 3 is 2.24 bits per heavy atom. The van der Waals surface area contributed by atoms with Gasteiger partial charge in [-0.3, -0.25) is 14.4 Å². The number of nitrogens with zero attached hydrogens (tertiary/aromatic N) is 1. The van der Waals surface area contributed by atoms with Gasteiger partial charge in [0.15, 0.2) is 0 Å². The van der Waals surface area contributed by atoms with Crippen LogP contribution in [0.4, 0.5) is 0 Å². The number of nitrogens with one attached hydrogen (secondary N) is 1. The average molecular weight is 414 g/mol. The van der Waals surface area contributed by atoms with Crippen molar-refractivity contribution in [2.45, 2.75) is 25.3 Å². The number of hydrogen-bond donors (Lipinski definition) is 2. The lowest BCUT2D eigenvalue weighted by molar-refractivity contribution is -0.136. The van der Waals surface area contributed by atoms with E-state index in [1.165, 1.54) is 0 Å². The van der Waals surface area contributed by atoms with E-state index in [1.54, 1.807) is 29.2 Å². The Morgan fingerprint density at radius 2 is 1.66 bits per heavy atom. The van der Waals surface area contributed by atoms with E-state index < -0.39 is 6.04 Å². The second kappa shape index (κ2) is 9.56. The monoisotopic (exact) mass is 413 g/mol. The summed E-state index contributed by atoms with van der Waals surface area (Å²) >= 11 is 5.89. The second-order valence-corrected chi connectivity index (χ2v) is 7.66. The summed E-state index contributed by atoms with van der Waals surface area (Å²) in [5, 5.41) is 3.41. The van der Waals surface area contributed by atoms with Gasteiger partial charge in [-0.25, -0.2) is 0 Å². The van der Waals surface area contributed by atoms with E-state index in [0.717, 1.165) is 5.56 Å². The van der Waals surface area contributed by atoms with Crippen molar-refractivity contribution in [2.24, 2.45) is 11.7 Å². The molecule has 0 saturated carbocycles. The van der Waals surface area contributed by atoms with E-state index in [2.05, 4.69) is 5.32 Å². The second-order valence-electron chi connectivity index (χ2n) is 7.22. The van der Waals surface area contributed by atoms with Crippen molar-refractivity contribution in [1.82, 2.24) is 10.2 Å². The van der Waals surface area contributed by atoms with Gasteiger partial charge in [-0.15, -0.1) is 0 Å². The van der Waals surface area contributed by atoms with Crippen LogP contribution >= 0.6 is 11.6 Å². The predicted molar refractivity (Wildman–Crippen MR) is 111 cm³/mol. The lowest BCUT2D eigenvalue weighted by Gasteiger charge is -2.33. The third kappa shape index (κ3) is 5.57. The van der Waals surface area contributed by atoms with Crippen molar-refractivity contribution in [3.63, 3.8) is 0 Å². The molecule has 1 aliphatic rings. The smallest absolute Gasteiger partial charge is 0.251 e. The topological polar surface area (TPSA) is 92.5 Å². The molecule has 29 heavy (non-hydrogen) atoms. The van der Waals surface area contributed by atoms with Gasteiger partial charge in [0.05, 0.1) is 0 Å². The molecular weight excluding hydrogens is 390 g/mol. The van der Waals surface area contributed by atoms with Gasteiger partial charge in [-0.05, 0) is 42.7 Å². The molecule has 3 amide bonds. The molecule has 7 heteroatoms. The molecular formula is C22H24ClN3O3. The number of amides is 3. The van der Waals surface area contributed by atoms with E-state index in [4.69, 9.17) is 17.3 Å². The van der Waals surface area contributed by atoms with E-state index in [0.29, 0.717) is 42.9 Å². The summed E-state index contributed by atoms with van der Waals surface area (Å²) in [7, 11) is 0. The van der Waals surface area contributed by atoms with Crippen LogP contribution in [0.25, 0.3) is 0 Å². The molecule has 1 fully saturated rings. The third-order valence-corrected chi connectivity index (χ3v) is 5.45. The Hall–Kier alpha value is -2.86. The van der Waals surface area contributed by atoms with Crippen molar-refractivity contribution in [2.75, 3.05) is 13.1 Å². The van der Waals surface area contributed by atoms with Crippen LogP contribution < -0.4 is 11.1 Å². The molecule has 2 aromatic carbocycles. The molecule has 6 nitrogen and oxygen atoms in total. The van der Waals surface area contributed by atoms with Crippen molar-refractivity contribution < 1.29 is 14.4 Å². The van der Waals surface area contributed by atoms with Crippen LogP contribution in [0.3, 0.4) is 0 Å². The van der Waals surface area contributed by atoms with E-state index in [1.807, 2.05) is 30.3 Å². The minimum absolute atomic E-state index is 0.154. The number of carbonyl (C=O) groups is 3. The van der Waals surface area contributed by atoms with Crippen LogP contribution in [0.5, 0.6) is 0 Å². The normalized spacial score (nSPS) is 15.6. The Labute approximate surface area is 175 Å². The zero-order chi connectivity index (χ0) is 20.8. The number of carbonyl (C=O) groups excluding carboxylic acids is 3. The highest BCUT2D eigenvalue weighted by Crippen LogP contribution is 2.18. The van der Waals surface area contributed by atoms with Gasteiger partial charge in [-0.1, -0.05) is 41.9 Å². The number of nitrogens with two attached hydrogens (primary N) is 1. The summed E-state index contributed by atoms with van der Waals surface area (Å²) in [6, 6.07) is 15.4. The van der Waals surface area contributed by atoms with Crippen LogP contribution in [0.1, 0.15) is 28.8 Å². The largest absolute Gasteiger partial charge is 0.369 e. The molecule has 0 spiro atoms. The van der Waals surface area contributed by atoms with Crippen LogP contribution in [0, 0.1) is 5.92 Å². The number of piperidine rings is 1. The minimum Gasteiger partial charge on any atom is -0.369 e. The van der Waals surface area contributed by atoms with E-state index in [9.17, 15) is 14.4 Å². The Morgan fingerprint density at radius 1 is 1.03 bits per heavy atom. The van der Waals surface area contributed by atoms with Crippen molar-refractivity contribution in [1.29, 1.82) is 0 Å². The fourth-order valence-electron chi connectivity index (χ4n) is 3.50. The van der Waals surface area contributed by atoms with Crippen molar-refractivity contribution >= 4 is 29.3 Å². The molecule has 1 atom stereocenters. The molecule has 1 saturated heterocycles. The van der Waals surface area contributed by atoms with Gasteiger partial charge in [-0.2, -0.15) is 0 Å². The lowest BCUT2D eigenvalue weighted by atomic mass is 9.95. The highest BCUT2D eigenvalue weighted by Gasteiger charge is 2.31. The maximum atomic E-state index is 13.2. The highest BCUT2D eigenvalue weighted by molar-refractivity contribution is 6.30. The quantitative estimate of drug-likeness (QED) is 0.761. The number of primary amides is 1. The Kier molecular flexibility index (Phi) is 6.88. The molecule has 152 valence electrons. The van der Waals surface area contributed by atoms with Gasteiger partial charge in [0, 0.05) is 36.0 Å². The maximum absolute atomic E-state index is 13.2. The molecule has 0 aliphatic carbocycles. The fourth-order valence-corrected chi connectivity index (χ4v) is 3.62. The Bertz CT molecular complexity index is 863. The van der Waals surface area contributed by atoms with Crippen LogP contribution in [0.15, 0.2) is 54.6 Å². The number of halogens is 1. The first-order valence-corrected chi connectivity index (χ1v) is 10.0. The van der Waals surface area contributed by atoms with Crippen LogP contribution in [-0.2, 0) is 16.0 Å².